The van der Waals surface area contributed by atoms with E-state index < -0.39 is 11.6 Å². The molecule has 3 unspecified atom stereocenters. The zero-order valence-electron chi connectivity index (χ0n) is 18.8. The van der Waals surface area contributed by atoms with Gasteiger partial charge in [0, 0.05) is 30.6 Å². The number of aromatic nitrogens is 4. The van der Waals surface area contributed by atoms with Crippen molar-refractivity contribution in [2.24, 2.45) is 0 Å². The van der Waals surface area contributed by atoms with Gasteiger partial charge in [0.05, 0.1) is 23.8 Å². The highest BCUT2D eigenvalue weighted by Gasteiger charge is 2.43. The molecule has 182 valence electrons. The second-order valence-electron chi connectivity index (χ2n) is 8.82. The second-order valence-corrected chi connectivity index (χ2v) is 8.82. The predicted molar refractivity (Wildman–Crippen MR) is 125 cm³/mol. The fourth-order valence-electron chi connectivity index (χ4n) is 4.87. The van der Waals surface area contributed by atoms with Crippen molar-refractivity contribution >= 4 is 11.0 Å². The number of nitrogens with zero attached hydrogens (tertiary/aromatic N) is 2. The molecule has 2 aliphatic rings. The first-order chi connectivity index (χ1) is 17.6. The highest BCUT2D eigenvalue weighted by molar-refractivity contribution is 5.84. The molecule has 0 bridgehead atoms. The molecule has 2 N–H and O–H groups in total. The van der Waals surface area contributed by atoms with E-state index in [1.165, 1.54) is 6.07 Å². The van der Waals surface area contributed by atoms with E-state index >= 15 is 8.78 Å². The summed E-state index contributed by atoms with van der Waals surface area (Å²) in [6.45, 7) is 0.974. The maximum Gasteiger partial charge on any atom is 0.295 e. The minimum atomic E-state index is -0.764. The fraction of sp³-hybridized carbons (Fsp3) is 0.231. The Morgan fingerprint density at radius 2 is 1.83 bits per heavy atom. The van der Waals surface area contributed by atoms with Gasteiger partial charge in [-0.25, -0.2) is 13.8 Å². The van der Waals surface area contributed by atoms with Crippen molar-refractivity contribution in [2.75, 3.05) is 13.2 Å². The van der Waals surface area contributed by atoms with Crippen LogP contribution in [0.3, 0.4) is 0 Å². The zero-order valence-corrected chi connectivity index (χ0v) is 18.8. The van der Waals surface area contributed by atoms with E-state index in [4.69, 9.17) is 18.6 Å². The predicted octanol–water partition coefficient (Wildman–Crippen LogP) is 5.09. The third-order valence-corrected chi connectivity index (χ3v) is 6.63. The van der Waals surface area contributed by atoms with E-state index in [-0.39, 0.29) is 40.9 Å². The zero-order chi connectivity index (χ0) is 24.2. The summed E-state index contributed by atoms with van der Waals surface area (Å²) in [4.78, 5) is 14.3. The van der Waals surface area contributed by atoms with Crippen LogP contribution < -0.4 is 4.74 Å². The molecule has 3 aromatic heterocycles. The molecule has 0 aliphatic carbocycles. The maximum atomic E-state index is 15.5. The molecule has 2 fully saturated rings. The summed E-state index contributed by atoms with van der Waals surface area (Å²) in [6.07, 6.45) is 3.64. The minimum absolute atomic E-state index is 0.000961. The van der Waals surface area contributed by atoms with Crippen LogP contribution in [-0.4, -0.2) is 51.5 Å². The molecule has 5 aromatic rings. The van der Waals surface area contributed by atoms with Crippen LogP contribution in [0.1, 0.15) is 6.42 Å². The van der Waals surface area contributed by atoms with E-state index in [1.54, 1.807) is 36.7 Å². The van der Waals surface area contributed by atoms with Crippen molar-refractivity contribution in [3.05, 3.63) is 66.5 Å². The molecule has 2 saturated heterocycles. The number of hydrogen-bond donors (Lipinski definition) is 2. The summed E-state index contributed by atoms with van der Waals surface area (Å²) in [7, 11) is 0. The number of H-pyrrole nitrogens is 2. The summed E-state index contributed by atoms with van der Waals surface area (Å²) in [5, 5.41) is 0. The van der Waals surface area contributed by atoms with Gasteiger partial charge in [0.15, 0.2) is 23.5 Å². The Balaban J connectivity index is 1.17. The monoisotopic (exact) mass is 490 g/mol. The van der Waals surface area contributed by atoms with Crippen LogP contribution in [0.4, 0.5) is 8.78 Å². The standard InChI is InChI=1S/C26H20F2N4O4/c27-15-11-16-23(32-26(31-16)36-20-12-34-18-7-10-33-24(18)20)22(28)21(15)14-3-1-13(2-4-14)17-5-6-19(35-17)25-29-8-9-30-25/h1-6,8-9,11,18,20,24H,7,10,12H2,(H,29,30)(H,31,32). The van der Waals surface area contributed by atoms with Crippen LogP contribution in [0.5, 0.6) is 6.01 Å². The van der Waals surface area contributed by atoms with Crippen molar-refractivity contribution in [1.82, 2.24) is 19.9 Å². The van der Waals surface area contributed by atoms with Gasteiger partial charge in [-0.2, -0.15) is 4.98 Å². The van der Waals surface area contributed by atoms with Gasteiger partial charge in [-0.1, -0.05) is 24.3 Å². The lowest BCUT2D eigenvalue weighted by molar-refractivity contribution is 0.0273. The molecular weight excluding hydrogens is 470 g/mol. The van der Waals surface area contributed by atoms with E-state index in [0.717, 1.165) is 12.0 Å². The van der Waals surface area contributed by atoms with Gasteiger partial charge < -0.3 is 28.6 Å². The molecule has 10 heteroatoms. The van der Waals surface area contributed by atoms with Crippen LogP contribution in [0.15, 0.2) is 59.3 Å². The molecule has 2 aliphatic heterocycles. The molecule has 0 spiro atoms. The van der Waals surface area contributed by atoms with Crippen molar-refractivity contribution in [1.29, 1.82) is 0 Å². The molecular formula is C26H20F2N4O4. The average Bonchev–Trinajstić information content (AvgIpc) is 3.69. The number of hydrogen-bond acceptors (Lipinski definition) is 6. The van der Waals surface area contributed by atoms with Gasteiger partial charge >= 0.3 is 0 Å². The van der Waals surface area contributed by atoms with Gasteiger partial charge in [0.1, 0.15) is 23.2 Å². The molecule has 8 nitrogen and oxygen atoms in total. The number of aromatic amines is 2. The molecule has 3 atom stereocenters. The molecule has 5 heterocycles. The molecule has 0 amide bonds. The first kappa shape index (κ1) is 21.3. The number of imidazole rings is 2. The fourth-order valence-corrected chi connectivity index (χ4v) is 4.87. The Morgan fingerprint density at radius 3 is 2.67 bits per heavy atom. The maximum absolute atomic E-state index is 15.5. The summed E-state index contributed by atoms with van der Waals surface area (Å²) in [5.74, 6) is 0.359. The van der Waals surface area contributed by atoms with E-state index in [2.05, 4.69) is 19.9 Å². The summed E-state index contributed by atoms with van der Waals surface area (Å²) >= 11 is 0. The van der Waals surface area contributed by atoms with E-state index in [0.29, 0.717) is 36.1 Å². The van der Waals surface area contributed by atoms with Crippen molar-refractivity contribution < 1.29 is 27.4 Å². The highest BCUT2D eigenvalue weighted by Crippen LogP contribution is 2.35. The van der Waals surface area contributed by atoms with Crippen LogP contribution in [0, 0.1) is 11.6 Å². The Hall–Kier alpha value is -4.02. The lowest BCUT2D eigenvalue weighted by atomic mass is 10.0. The topological polar surface area (TPSA) is 98.2 Å². The molecule has 7 rings (SSSR count). The largest absolute Gasteiger partial charge is 0.456 e. The second kappa shape index (κ2) is 8.28. The van der Waals surface area contributed by atoms with E-state index in [9.17, 15) is 0 Å². The summed E-state index contributed by atoms with van der Waals surface area (Å²) < 4.78 is 53.6. The van der Waals surface area contributed by atoms with Gasteiger partial charge in [-0.3, -0.25) is 0 Å². The van der Waals surface area contributed by atoms with Crippen LogP contribution in [0.2, 0.25) is 0 Å². The quantitative estimate of drug-likeness (QED) is 0.356. The first-order valence-corrected chi connectivity index (χ1v) is 11.6. The lowest BCUT2D eigenvalue weighted by Gasteiger charge is -2.15. The Labute approximate surface area is 203 Å². The number of halogens is 2. The number of furan rings is 1. The van der Waals surface area contributed by atoms with Crippen LogP contribution >= 0.6 is 0 Å². The molecule has 0 radical (unpaired) electrons. The number of rotatable bonds is 5. The molecule has 2 aromatic carbocycles. The van der Waals surface area contributed by atoms with Gasteiger partial charge in [-0.15, -0.1) is 0 Å². The SMILES string of the molecule is Fc1cc2[nH]c(OC3COC4CCOC43)nc2c(F)c1-c1ccc(-c2ccc(-c3ncc[nH]3)o2)cc1. The third-order valence-electron chi connectivity index (χ3n) is 6.63. The number of benzene rings is 2. The Bertz CT molecular complexity index is 1540. The number of ether oxygens (including phenoxy) is 3. The normalized spacial score (nSPS) is 21.3. The summed E-state index contributed by atoms with van der Waals surface area (Å²) in [5.41, 5.74) is 1.20. The van der Waals surface area contributed by atoms with Gasteiger partial charge in [0.2, 0.25) is 0 Å². The Morgan fingerprint density at radius 1 is 1.00 bits per heavy atom. The van der Waals surface area contributed by atoms with Crippen LogP contribution in [-0.2, 0) is 9.47 Å². The lowest BCUT2D eigenvalue weighted by Crippen LogP contribution is -2.32. The van der Waals surface area contributed by atoms with Crippen LogP contribution in [0.25, 0.3) is 45.1 Å². The van der Waals surface area contributed by atoms with E-state index in [1.807, 2.05) is 12.1 Å². The summed E-state index contributed by atoms with van der Waals surface area (Å²) in [6, 6.07) is 11.8. The number of fused-ring (bicyclic) bond motifs is 2. The van der Waals surface area contributed by atoms with Gasteiger partial charge in [-0.05, 0) is 24.1 Å². The Kier molecular flexibility index (Phi) is 4.90. The number of nitrogens with one attached hydrogen (secondary N) is 2. The average molecular weight is 490 g/mol. The van der Waals surface area contributed by atoms with Crippen molar-refractivity contribution in [2.45, 2.75) is 24.7 Å². The minimum Gasteiger partial charge on any atom is -0.456 e. The third kappa shape index (κ3) is 3.49. The molecule has 36 heavy (non-hydrogen) atoms. The highest BCUT2D eigenvalue weighted by atomic mass is 19.1. The smallest absolute Gasteiger partial charge is 0.295 e. The molecule has 0 saturated carbocycles. The van der Waals surface area contributed by atoms with Crippen molar-refractivity contribution in [3.63, 3.8) is 0 Å². The van der Waals surface area contributed by atoms with Gasteiger partial charge in [0.25, 0.3) is 6.01 Å². The van der Waals surface area contributed by atoms with Crippen molar-refractivity contribution in [3.8, 4) is 40.0 Å². The first-order valence-electron chi connectivity index (χ1n) is 11.6.